The van der Waals surface area contributed by atoms with Crippen molar-refractivity contribution in [2.45, 2.75) is 21.3 Å². The van der Waals surface area contributed by atoms with Crippen LogP contribution < -0.4 is 0 Å². The molecule has 0 radical (unpaired) electrons. The molecule has 0 aliphatic heterocycles. The lowest BCUT2D eigenvalue weighted by Crippen LogP contribution is -1.98. The smallest absolute Gasteiger partial charge is 0.255 e. The SMILES string of the molecule is C.C.O=CCC(=O)CF.O=S(=O)([O-])F. The van der Waals surface area contributed by atoms with Crippen molar-refractivity contribution in [1.29, 1.82) is 0 Å². The van der Waals surface area contributed by atoms with Crippen molar-refractivity contribution in [2.75, 3.05) is 6.67 Å². The molecule has 0 N–H and O–H groups in total. The average molecular weight is 235 g/mol. The molecule has 0 aliphatic rings. The Morgan fingerprint density at radius 2 is 1.64 bits per heavy atom. The van der Waals surface area contributed by atoms with E-state index in [-0.39, 0.29) is 21.3 Å². The number of rotatable bonds is 3. The van der Waals surface area contributed by atoms with Crippen molar-refractivity contribution >= 4 is 22.6 Å². The molecule has 0 amide bonds. The summed E-state index contributed by atoms with van der Waals surface area (Å²) in [7, 11) is -5.42. The van der Waals surface area contributed by atoms with E-state index in [2.05, 4.69) is 0 Å². The molecule has 0 aromatic carbocycles. The number of Topliss-reactive ketones (excluding diaryl/α,β-unsaturated/α-hetero) is 1. The van der Waals surface area contributed by atoms with Crippen LogP contribution in [0.2, 0.25) is 0 Å². The Balaban J connectivity index is -0.0000000651. The van der Waals surface area contributed by atoms with E-state index in [1.54, 1.807) is 0 Å². The molecule has 0 unspecified atom stereocenters. The maximum absolute atomic E-state index is 11.1. The molecule has 0 aromatic rings. The molecule has 8 heteroatoms. The van der Waals surface area contributed by atoms with Gasteiger partial charge in [-0.25, -0.2) is 12.8 Å². The lowest BCUT2D eigenvalue weighted by molar-refractivity contribution is -0.122. The van der Waals surface area contributed by atoms with Crippen LogP contribution in [0.15, 0.2) is 0 Å². The van der Waals surface area contributed by atoms with Crippen molar-refractivity contribution in [3.05, 3.63) is 0 Å². The van der Waals surface area contributed by atoms with Crippen molar-refractivity contribution in [2.24, 2.45) is 0 Å². The second kappa shape index (κ2) is 12.1. The number of hydrogen-bond acceptors (Lipinski definition) is 5. The zero-order valence-corrected chi connectivity index (χ0v) is 6.51. The van der Waals surface area contributed by atoms with E-state index in [9.17, 15) is 17.9 Å². The molecule has 0 fully saturated rings. The van der Waals surface area contributed by atoms with Gasteiger partial charge in [-0.3, -0.25) is 4.79 Å². The summed E-state index contributed by atoms with van der Waals surface area (Å²) >= 11 is 0. The van der Waals surface area contributed by atoms with Crippen LogP contribution >= 0.6 is 0 Å². The van der Waals surface area contributed by atoms with Gasteiger partial charge in [0.25, 0.3) is 10.5 Å². The zero-order chi connectivity index (χ0) is 10.2. The van der Waals surface area contributed by atoms with Crippen molar-refractivity contribution in [1.82, 2.24) is 0 Å². The largest absolute Gasteiger partial charge is 0.722 e. The summed E-state index contributed by atoms with van der Waals surface area (Å²) in [6.07, 6.45) is 0.0956. The lowest BCUT2D eigenvalue weighted by atomic mass is 10.3. The van der Waals surface area contributed by atoms with Gasteiger partial charge in [0, 0.05) is 0 Å². The molecule has 0 bridgehead atoms. The minimum absolute atomic E-state index is 0. The molecular weight excluding hydrogens is 222 g/mol. The number of halogens is 2. The maximum Gasteiger partial charge on any atom is 0.255 e. The number of alkyl halides is 1. The fourth-order valence-electron chi connectivity index (χ4n) is 0.148. The van der Waals surface area contributed by atoms with E-state index < -0.39 is 23.0 Å². The highest BCUT2D eigenvalue weighted by Crippen LogP contribution is 1.76. The first kappa shape index (κ1) is 23.2. The second-order valence-corrected chi connectivity index (χ2v) is 2.22. The van der Waals surface area contributed by atoms with Crippen LogP contribution in [0.1, 0.15) is 21.3 Å². The van der Waals surface area contributed by atoms with E-state index in [4.69, 9.17) is 13.0 Å². The quantitative estimate of drug-likeness (QED) is 0.312. The molecule has 0 aromatic heterocycles. The Labute approximate surface area is 82.2 Å². The Morgan fingerprint density at radius 3 is 1.71 bits per heavy atom. The molecule has 0 saturated heterocycles. The van der Waals surface area contributed by atoms with E-state index in [0.29, 0.717) is 6.29 Å². The van der Waals surface area contributed by atoms with E-state index in [1.807, 2.05) is 0 Å². The summed E-state index contributed by atoms with van der Waals surface area (Å²) in [4.78, 5) is 19.2. The fourth-order valence-corrected chi connectivity index (χ4v) is 0.148. The van der Waals surface area contributed by atoms with Crippen LogP contribution in [0.4, 0.5) is 8.28 Å². The molecule has 14 heavy (non-hydrogen) atoms. The molecule has 0 spiro atoms. The van der Waals surface area contributed by atoms with Gasteiger partial charge in [0.05, 0.1) is 6.42 Å². The highest BCUT2D eigenvalue weighted by molar-refractivity contribution is 7.80. The Morgan fingerprint density at radius 1 is 1.36 bits per heavy atom. The predicted molar refractivity (Wildman–Crippen MR) is 45.9 cm³/mol. The number of hydrogen-bond donors (Lipinski definition) is 0. The molecule has 0 aliphatic carbocycles. The van der Waals surface area contributed by atoms with Crippen LogP contribution in [0.3, 0.4) is 0 Å². The Bertz CT molecular complexity index is 229. The molecule has 0 rings (SSSR count). The van der Waals surface area contributed by atoms with Crippen LogP contribution in [0, 0.1) is 0 Å². The highest BCUT2D eigenvalue weighted by atomic mass is 32.3. The first-order chi connectivity index (χ1) is 5.31. The van der Waals surface area contributed by atoms with Gasteiger partial charge >= 0.3 is 0 Å². The third-order valence-corrected chi connectivity index (χ3v) is 0.460. The maximum atomic E-state index is 11.1. The number of aldehydes is 1. The van der Waals surface area contributed by atoms with Crippen LogP contribution in [-0.2, 0) is 20.1 Å². The first-order valence-electron chi connectivity index (χ1n) is 2.48. The third kappa shape index (κ3) is 67.2. The van der Waals surface area contributed by atoms with Gasteiger partial charge in [-0.15, -0.1) is 3.89 Å². The summed E-state index contributed by atoms with van der Waals surface area (Å²) in [5.41, 5.74) is 0. The topological polar surface area (TPSA) is 91.3 Å². The van der Waals surface area contributed by atoms with Gasteiger partial charge in [0.2, 0.25) is 0 Å². The van der Waals surface area contributed by atoms with E-state index in [1.165, 1.54) is 0 Å². The van der Waals surface area contributed by atoms with Gasteiger partial charge in [-0.2, -0.15) is 0 Å². The molecule has 0 heterocycles. The van der Waals surface area contributed by atoms with Crippen molar-refractivity contribution in [3.8, 4) is 0 Å². The second-order valence-electron chi connectivity index (χ2n) is 1.44. The number of carbonyl (C=O) groups excluding carboxylic acids is 2. The summed E-state index contributed by atoms with van der Waals surface area (Å²) in [6.45, 7) is -1.03. The van der Waals surface area contributed by atoms with Gasteiger partial charge in [0.15, 0.2) is 5.78 Å². The van der Waals surface area contributed by atoms with E-state index >= 15 is 0 Å². The monoisotopic (exact) mass is 235 g/mol. The molecular formula is C6H13F2O5S-. The van der Waals surface area contributed by atoms with Gasteiger partial charge in [0.1, 0.15) is 13.0 Å². The normalized spacial score (nSPS) is 8.21. The average Bonchev–Trinajstić information content (AvgIpc) is 1.85. The van der Waals surface area contributed by atoms with Gasteiger partial charge in [-0.1, -0.05) is 14.9 Å². The predicted octanol–water partition coefficient (Wildman–Crippen LogP) is 0.802. The third-order valence-electron chi connectivity index (χ3n) is 0.460. The minimum atomic E-state index is -5.42. The molecule has 88 valence electrons. The van der Waals surface area contributed by atoms with Crippen LogP contribution in [-0.4, -0.2) is 31.7 Å². The zero-order valence-electron chi connectivity index (χ0n) is 5.70. The minimum Gasteiger partial charge on any atom is -0.722 e. The summed E-state index contributed by atoms with van der Waals surface area (Å²) in [5.74, 6) is -0.657. The lowest BCUT2D eigenvalue weighted by Gasteiger charge is -1.84. The van der Waals surface area contributed by atoms with Gasteiger partial charge in [-0.05, 0) is 0 Å². The van der Waals surface area contributed by atoms with Gasteiger partial charge < -0.3 is 9.35 Å². The molecule has 5 nitrogen and oxygen atoms in total. The van der Waals surface area contributed by atoms with Crippen molar-refractivity contribution in [3.63, 3.8) is 0 Å². The Hall–Kier alpha value is -0.890. The van der Waals surface area contributed by atoms with Crippen LogP contribution in [0.25, 0.3) is 0 Å². The first-order valence-corrected chi connectivity index (χ1v) is 3.79. The molecule has 0 saturated carbocycles. The van der Waals surface area contributed by atoms with Crippen molar-refractivity contribution < 1.29 is 30.8 Å². The van der Waals surface area contributed by atoms with E-state index in [0.717, 1.165) is 0 Å². The standard InChI is InChI=1S/C4H5FO2.2CH4.FHO3S/c5-3-4(7)1-2-6;;;1-5(2,3)4/h2H,1,3H2;2*1H4;(H,2,3,4)/p-1. The van der Waals surface area contributed by atoms with Crippen LogP contribution in [0.5, 0.6) is 0 Å². The highest BCUT2D eigenvalue weighted by Gasteiger charge is 1.94. The summed E-state index contributed by atoms with van der Waals surface area (Å²) in [6, 6.07) is 0. The fraction of sp³-hybridized carbons (Fsp3) is 0.667. The Kier molecular flexibility index (Phi) is 20.0. The molecule has 0 atom stereocenters. The summed E-state index contributed by atoms with van der Waals surface area (Å²) < 4.78 is 46.4. The number of carbonyl (C=O) groups is 2. The summed E-state index contributed by atoms with van der Waals surface area (Å²) in [5, 5.41) is 0. The number of ketones is 1.